The van der Waals surface area contributed by atoms with Gasteiger partial charge in [0, 0.05) is 36.6 Å². The van der Waals surface area contributed by atoms with E-state index in [2.05, 4.69) is 20.7 Å². The highest BCUT2D eigenvalue weighted by molar-refractivity contribution is 5.74. The normalized spacial score (nSPS) is 23.2. The molecule has 0 aromatic carbocycles. The van der Waals surface area contributed by atoms with Crippen LogP contribution < -0.4 is 10.6 Å². The second-order valence-electron chi connectivity index (χ2n) is 6.56. The van der Waals surface area contributed by atoms with Crippen LogP contribution >= 0.6 is 0 Å². The summed E-state index contributed by atoms with van der Waals surface area (Å²) in [6, 6.07) is 5.39. The fourth-order valence-electron chi connectivity index (χ4n) is 3.16. The molecule has 0 saturated heterocycles. The van der Waals surface area contributed by atoms with Gasteiger partial charge in [-0.3, -0.25) is 0 Å². The van der Waals surface area contributed by atoms with E-state index in [1.165, 1.54) is 0 Å². The molecular formula is C17H23N5O2. The van der Waals surface area contributed by atoms with Crippen LogP contribution in [0.2, 0.25) is 0 Å². The third-order valence-electron chi connectivity index (χ3n) is 4.75. The maximum absolute atomic E-state index is 12.2. The molecule has 3 rings (SSSR count). The van der Waals surface area contributed by atoms with Gasteiger partial charge in [0.05, 0.1) is 6.61 Å². The fourth-order valence-corrected chi connectivity index (χ4v) is 3.16. The molecule has 1 fully saturated rings. The molecule has 1 aliphatic rings. The van der Waals surface area contributed by atoms with E-state index in [4.69, 9.17) is 0 Å². The molecule has 2 aromatic rings. The zero-order chi connectivity index (χ0) is 17.0. The van der Waals surface area contributed by atoms with Crippen molar-refractivity contribution in [3.8, 4) is 5.82 Å². The molecule has 0 aliphatic heterocycles. The molecule has 3 N–H and O–H groups in total. The summed E-state index contributed by atoms with van der Waals surface area (Å²) >= 11 is 0. The number of aromatic nitrogens is 3. The van der Waals surface area contributed by atoms with Crippen LogP contribution in [0.4, 0.5) is 4.79 Å². The van der Waals surface area contributed by atoms with Gasteiger partial charge in [-0.1, -0.05) is 13.3 Å². The highest BCUT2D eigenvalue weighted by Crippen LogP contribution is 2.37. The van der Waals surface area contributed by atoms with E-state index in [-0.39, 0.29) is 24.1 Å². The summed E-state index contributed by atoms with van der Waals surface area (Å²) in [5.74, 6) is 0.711. The molecule has 0 radical (unpaired) electrons. The molecular weight excluding hydrogens is 306 g/mol. The SMILES string of the molecule is CC1(CO)CCCC1NC(=O)NCc1ccnc(-n2cccn2)c1. The Labute approximate surface area is 141 Å². The quantitative estimate of drug-likeness (QED) is 0.777. The van der Waals surface area contributed by atoms with Gasteiger partial charge in [0.25, 0.3) is 0 Å². The summed E-state index contributed by atoms with van der Waals surface area (Å²) in [6.45, 7) is 2.52. The van der Waals surface area contributed by atoms with Crippen molar-refractivity contribution in [2.75, 3.05) is 6.61 Å². The average Bonchev–Trinajstić information content (AvgIpc) is 3.25. The van der Waals surface area contributed by atoms with Gasteiger partial charge in [-0.05, 0) is 36.6 Å². The van der Waals surface area contributed by atoms with Crippen LogP contribution in [0.1, 0.15) is 31.7 Å². The predicted molar refractivity (Wildman–Crippen MR) is 89.6 cm³/mol. The Balaban J connectivity index is 1.56. The number of carbonyl (C=O) groups excluding carboxylic acids is 1. The van der Waals surface area contributed by atoms with Crippen molar-refractivity contribution in [3.63, 3.8) is 0 Å². The molecule has 2 unspecified atom stereocenters. The molecule has 2 atom stereocenters. The monoisotopic (exact) mass is 329 g/mol. The van der Waals surface area contributed by atoms with Crippen LogP contribution in [-0.4, -0.2) is 38.6 Å². The number of nitrogens with one attached hydrogen (secondary N) is 2. The molecule has 2 aromatic heterocycles. The average molecular weight is 329 g/mol. The second kappa shape index (κ2) is 7.00. The van der Waals surface area contributed by atoms with Crippen LogP contribution in [0.5, 0.6) is 0 Å². The topological polar surface area (TPSA) is 92.1 Å². The highest BCUT2D eigenvalue weighted by Gasteiger charge is 2.39. The van der Waals surface area contributed by atoms with Gasteiger partial charge in [-0.2, -0.15) is 5.10 Å². The van der Waals surface area contributed by atoms with Crippen molar-refractivity contribution in [3.05, 3.63) is 42.4 Å². The largest absolute Gasteiger partial charge is 0.396 e. The molecule has 7 nitrogen and oxygen atoms in total. The minimum atomic E-state index is -0.221. The lowest BCUT2D eigenvalue weighted by Gasteiger charge is -2.30. The van der Waals surface area contributed by atoms with Crippen LogP contribution in [0, 0.1) is 5.41 Å². The first-order valence-electron chi connectivity index (χ1n) is 8.21. The number of rotatable bonds is 5. The zero-order valence-corrected chi connectivity index (χ0v) is 13.8. The lowest BCUT2D eigenvalue weighted by molar-refractivity contribution is 0.121. The number of hydrogen-bond acceptors (Lipinski definition) is 4. The van der Waals surface area contributed by atoms with E-state index in [1.54, 1.807) is 17.1 Å². The van der Waals surface area contributed by atoms with Crippen molar-refractivity contribution < 1.29 is 9.90 Å². The number of pyridine rings is 1. The Bertz CT molecular complexity index is 688. The number of aliphatic hydroxyl groups excluding tert-OH is 1. The second-order valence-corrected chi connectivity index (χ2v) is 6.56. The minimum absolute atomic E-state index is 0.0135. The Morgan fingerprint density at radius 2 is 2.38 bits per heavy atom. The van der Waals surface area contributed by atoms with Crippen molar-refractivity contribution in [2.24, 2.45) is 5.41 Å². The molecule has 1 saturated carbocycles. The lowest BCUT2D eigenvalue weighted by Crippen LogP contribution is -2.48. The third-order valence-corrected chi connectivity index (χ3v) is 4.75. The molecule has 128 valence electrons. The smallest absolute Gasteiger partial charge is 0.315 e. The Morgan fingerprint density at radius 3 is 3.12 bits per heavy atom. The maximum atomic E-state index is 12.2. The fraction of sp³-hybridized carbons (Fsp3) is 0.471. The van der Waals surface area contributed by atoms with Crippen molar-refractivity contribution >= 4 is 6.03 Å². The molecule has 1 aliphatic carbocycles. The Hall–Kier alpha value is -2.41. The van der Waals surface area contributed by atoms with Crippen LogP contribution in [0.15, 0.2) is 36.8 Å². The number of nitrogens with zero attached hydrogens (tertiary/aromatic N) is 3. The minimum Gasteiger partial charge on any atom is -0.396 e. The van der Waals surface area contributed by atoms with Gasteiger partial charge in [0.2, 0.25) is 0 Å². The predicted octanol–water partition coefficient (Wildman–Crippen LogP) is 1.62. The summed E-state index contributed by atoms with van der Waals surface area (Å²) < 4.78 is 1.68. The van der Waals surface area contributed by atoms with Gasteiger partial charge in [0.15, 0.2) is 5.82 Å². The molecule has 7 heteroatoms. The van der Waals surface area contributed by atoms with Crippen molar-refractivity contribution in [1.29, 1.82) is 0 Å². The van der Waals surface area contributed by atoms with E-state index in [1.807, 2.05) is 31.3 Å². The first kappa shape index (κ1) is 16.4. The van der Waals surface area contributed by atoms with Gasteiger partial charge in [-0.25, -0.2) is 14.5 Å². The van der Waals surface area contributed by atoms with E-state index >= 15 is 0 Å². The van der Waals surface area contributed by atoms with E-state index in [0.29, 0.717) is 12.4 Å². The van der Waals surface area contributed by atoms with E-state index in [9.17, 15) is 9.90 Å². The molecule has 0 bridgehead atoms. The van der Waals surface area contributed by atoms with Crippen molar-refractivity contribution in [2.45, 2.75) is 38.8 Å². The number of urea groups is 1. The summed E-state index contributed by atoms with van der Waals surface area (Å²) in [7, 11) is 0. The lowest BCUT2D eigenvalue weighted by atomic mass is 9.86. The van der Waals surface area contributed by atoms with Crippen LogP contribution in [0.3, 0.4) is 0 Å². The highest BCUT2D eigenvalue weighted by atomic mass is 16.3. The van der Waals surface area contributed by atoms with Gasteiger partial charge < -0.3 is 15.7 Å². The summed E-state index contributed by atoms with van der Waals surface area (Å²) in [5.41, 5.74) is 0.725. The van der Waals surface area contributed by atoms with Crippen LogP contribution in [0.25, 0.3) is 5.82 Å². The third kappa shape index (κ3) is 3.56. The van der Waals surface area contributed by atoms with E-state index < -0.39 is 0 Å². The Kier molecular flexibility index (Phi) is 4.80. The number of carbonyl (C=O) groups is 1. The summed E-state index contributed by atoms with van der Waals surface area (Å²) in [5, 5.41) is 19.6. The first-order valence-corrected chi connectivity index (χ1v) is 8.21. The molecule has 2 amide bonds. The number of hydrogen-bond donors (Lipinski definition) is 3. The van der Waals surface area contributed by atoms with Crippen molar-refractivity contribution in [1.82, 2.24) is 25.4 Å². The first-order chi connectivity index (χ1) is 11.6. The molecule has 24 heavy (non-hydrogen) atoms. The van der Waals surface area contributed by atoms with E-state index in [0.717, 1.165) is 24.8 Å². The number of aliphatic hydroxyl groups is 1. The van der Waals surface area contributed by atoms with Gasteiger partial charge in [0.1, 0.15) is 0 Å². The summed E-state index contributed by atoms with van der Waals surface area (Å²) in [4.78, 5) is 16.4. The number of amides is 2. The summed E-state index contributed by atoms with van der Waals surface area (Å²) in [6.07, 6.45) is 8.09. The standard InChI is InChI=1S/C17H23N5O2/c1-17(12-23)6-2-4-14(17)21-16(24)19-11-13-5-8-18-15(10-13)22-9-3-7-20-22/h3,5,7-10,14,23H,2,4,6,11-12H2,1H3,(H2,19,21,24). The molecule has 0 spiro atoms. The maximum Gasteiger partial charge on any atom is 0.315 e. The molecule has 2 heterocycles. The van der Waals surface area contributed by atoms with Gasteiger partial charge >= 0.3 is 6.03 Å². The van der Waals surface area contributed by atoms with Gasteiger partial charge in [-0.15, -0.1) is 0 Å². The zero-order valence-electron chi connectivity index (χ0n) is 13.8. The van der Waals surface area contributed by atoms with Crippen LogP contribution in [-0.2, 0) is 6.54 Å². The Morgan fingerprint density at radius 1 is 1.50 bits per heavy atom.